The van der Waals surface area contributed by atoms with Crippen molar-refractivity contribution in [2.24, 2.45) is 0 Å². The second-order valence-electron chi connectivity index (χ2n) is 7.97. The Labute approximate surface area is 176 Å². The molecule has 2 aromatic rings. The van der Waals surface area contributed by atoms with Crippen LogP contribution < -0.4 is 0 Å². The lowest BCUT2D eigenvalue weighted by Gasteiger charge is -2.35. The molecule has 0 spiro atoms. The number of hydrogen-bond donors (Lipinski definition) is 2. The normalized spacial score (nSPS) is 20.3. The number of alkyl halides is 3. The molecule has 5 nitrogen and oxygen atoms in total. The predicted octanol–water partition coefficient (Wildman–Crippen LogP) is 3.99. The number of aliphatic hydroxyl groups excluding tert-OH is 1. The quantitative estimate of drug-likeness (QED) is 0.697. The highest BCUT2D eigenvalue weighted by Crippen LogP contribution is 2.36. The third-order valence-corrected chi connectivity index (χ3v) is 6.39. The fourth-order valence-electron chi connectivity index (χ4n) is 4.44. The van der Waals surface area contributed by atoms with Crippen molar-refractivity contribution >= 4 is 11.6 Å². The van der Waals surface area contributed by atoms with Crippen LogP contribution in [0.2, 0.25) is 5.02 Å². The molecule has 4 rings (SSSR count). The fraction of sp³-hybridized carbons (Fsp3) is 0.550. The van der Waals surface area contributed by atoms with Crippen molar-refractivity contribution in [2.75, 3.05) is 26.2 Å². The molecule has 0 bridgehead atoms. The summed E-state index contributed by atoms with van der Waals surface area (Å²) in [5.74, 6) is -0.352. The Bertz CT molecular complexity index is 895. The number of H-pyrrole nitrogens is 1. The Balaban J connectivity index is 1.43. The molecule has 30 heavy (non-hydrogen) atoms. The van der Waals surface area contributed by atoms with Crippen LogP contribution in [0, 0.1) is 5.82 Å². The number of nitrogens with one attached hydrogen (secondary N) is 1. The maximum Gasteiger partial charge on any atom is 0.401 e. The number of aromatic amines is 1. The van der Waals surface area contributed by atoms with Gasteiger partial charge in [0, 0.05) is 43.9 Å². The van der Waals surface area contributed by atoms with Gasteiger partial charge in [0.05, 0.1) is 11.6 Å². The third-order valence-electron chi connectivity index (χ3n) is 5.99. The molecule has 1 unspecified atom stereocenters. The second-order valence-corrected chi connectivity index (χ2v) is 8.35. The van der Waals surface area contributed by atoms with E-state index in [0.717, 1.165) is 11.3 Å². The average molecular weight is 447 g/mol. The number of halogens is 5. The number of aromatic nitrogens is 2. The van der Waals surface area contributed by atoms with E-state index in [1.54, 1.807) is 6.07 Å². The molecular weight excluding hydrogens is 424 g/mol. The molecule has 2 aliphatic rings. The van der Waals surface area contributed by atoms with E-state index in [1.807, 2.05) is 11.0 Å². The van der Waals surface area contributed by atoms with Crippen LogP contribution in [-0.4, -0.2) is 57.5 Å². The first kappa shape index (κ1) is 21.5. The molecule has 0 radical (unpaired) electrons. The van der Waals surface area contributed by atoms with E-state index in [1.165, 1.54) is 11.0 Å². The lowest BCUT2D eigenvalue weighted by Crippen LogP contribution is -2.39. The van der Waals surface area contributed by atoms with Gasteiger partial charge in [-0.3, -0.25) is 14.9 Å². The second kappa shape index (κ2) is 8.45. The predicted molar refractivity (Wildman–Crippen MR) is 104 cm³/mol. The first-order valence-electron chi connectivity index (χ1n) is 9.94. The molecule has 164 valence electrons. The van der Waals surface area contributed by atoms with Crippen LogP contribution in [0.15, 0.2) is 18.2 Å². The van der Waals surface area contributed by atoms with Crippen LogP contribution in [0.1, 0.15) is 47.5 Å². The van der Waals surface area contributed by atoms with E-state index in [0.29, 0.717) is 50.2 Å². The van der Waals surface area contributed by atoms with E-state index in [-0.39, 0.29) is 17.5 Å². The number of aliphatic hydroxyl groups is 1. The standard InChI is InChI=1S/C20H23ClF4N4O/c21-17-13(2-1-3-15(17)22)12-4-8-29(9-5-12)19(30)18-14-10-28(11-20(23,24)25)7-6-16(14)26-27-18/h1-3,12,19,30H,4-11H2,(H,26,27). The summed E-state index contributed by atoms with van der Waals surface area (Å²) in [6.07, 6.45) is -3.45. The van der Waals surface area contributed by atoms with Gasteiger partial charge in [-0.05, 0) is 30.4 Å². The molecule has 10 heteroatoms. The first-order valence-corrected chi connectivity index (χ1v) is 10.3. The largest absolute Gasteiger partial charge is 0.401 e. The molecule has 0 amide bonds. The molecule has 1 saturated heterocycles. The Morgan fingerprint density at radius 3 is 2.67 bits per heavy atom. The summed E-state index contributed by atoms with van der Waals surface area (Å²) in [5.41, 5.74) is 2.59. The summed E-state index contributed by atoms with van der Waals surface area (Å²) in [5, 5.41) is 18.1. The minimum atomic E-state index is -4.26. The van der Waals surface area contributed by atoms with Gasteiger partial charge in [0.1, 0.15) is 11.5 Å². The van der Waals surface area contributed by atoms with Crippen molar-refractivity contribution in [1.82, 2.24) is 20.0 Å². The van der Waals surface area contributed by atoms with E-state index >= 15 is 0 Å². The van der Waals surface area contributed by atoms with Crippen LogP contribution in [0.25, 0.3) is 0 Å². The number of fused-ring (bicyclic) bond motifs is 1. The summed E-state index contributed by atoms with van der Waals surface area (Å²) in [7, 11) is 0. The van der Waals surface area contributed by atoms with Crippen LogP contribution in [0.4, 0.5) is 17.6 Å². The van der Waals surface area contributed by atoms with Crippen molar-refractivity contribution in [3.05, 3.63) is 51.6 Å². The molecular formula is C20H23ClF4N4O. The molecule has 0 aliphatic carbocycles. The zero-order valence-corrected chi connectivity index (χ0v) is 17.0. The highest BCUT2D eigenvalue weighted by molar-refractivity contribution is 6.31. The van der Waals surface area contributed by atoms with Crippen LogP contribution in [0.5, 0.6) is 0 Å². The smallest absolute Gasteiger partial charge is 0.372 e. The van der Waals surface area contributed by atoms with E-state index in [9.17, 15) is 22.7 Å². The van der Waals surface area contributed by atoms with Crippen molar-refractivity contribution in [3.8, 4) is 0 Å². The summed E-state index contributed by atoms with van der Waals surface area (Å²) in [6.45, 7) is 0.517. The van der Waals surface area contributed by atoms with Crippen molar-refractivity contribution in [1.29, 1.82) is 0 Å². The van der Waals surface area contributed by atoms with Gasteiger partial charge < -0.3 is 5.11 Å². The number of nitrogens with zero attached hydrogens (tertiary/aromatic N) is 3. The van der Waals surface area contributed by atoms with Crippen LogP contribution in [-0.2, 0) is 13.0 Å². The monoisotopic (exact) mass is 446 g/mol. The van der Waals surface area contributed by atoms with E-state index in [2.05, 4.69) is 10.2 Å². The van der Waals surface area contributed by atoms with Gasteiger partial charge in [0.2, 0.25) is 0 Å². The van der Waals surface area contributed by atoms with E-state index < -0.39 is 24.8 Å². The molecule has 1 atom stereocenters. The third kappa shape index (κ3) is 4.49. The molecule has 1 aromatic carbocycles. The zero-order valence-electron chi connectivity index (χ0n) is 16.2. The molecule has 3 heterocycles. The van der Waals surface area contributed by atoms with Gasteiger partial charge >= 0.3 is 6.18 Å². The number of likely N-dealkylation sites (tertiary alicyclic amines) is 1. The molecule has 1 aromatic heterocycles. The lowest BCUT2D eigenvalue weighted by atomic mass is 9.89. The lowest BCUT2D eigenvalue weighted by molar-refractivity contribution is -0.147. The van der Waals surface area contributed by atoms with Crippen molar-refractivity contribution in [3.63, 3.8) is 0 Å². The minimum Gasteiger partial charge on any atom is -0.372 e. The maximum atomic E-state index is 13.8. The van der Waals surface area contributed by atoms with Crippen molar-refractivity contribution < 1.29 is 22.7 Å². The van der Waals surface area contributed by atoms with Gasteiger partial charge in [-0.2, -0.15) is 18.3 Å². The Kier molecular flexibility index (Phi) is 6.07. The fourth-order valence-corrected chi connectivity index (χ4v) is 4.72. The molecule has 0 saturated carbocycles. The number of piperidine rings is 1. The topological polar surface area (TPSA) is 55.4 Å². The van der Waals surface area contributed by atoms with Gasteiger partial charge in [-0.1, -0.05) is 23.7 Å². The summed E-state index contributed by atoms with van der Waals surface area (Å²) < 4.78 is 52.1. The number of rotatable bonds is 4. The summed E-state index contributed by atoms with van der Waals surface area (Å²) in [4.78, 5) is 3.18. The number of hydrogen-bond acceptors (Lipinski definition) is 4. The van der Waals surface area contributed by atoms with Gasteiger partial charge in [0.25, 0.3) is 0 Å². The average Bonchev–Trinajstić information content (AvgIpc) is 3.12. The van der Waals surface area contributed by atoms with Gasteiger partial charge in [-0.25, -0.2) is 4.39 Å². The molecule has 1 fully saturated rings. The van der Waals surface area contributed by atoms with Crippen molar-refractivity contribution in [2.45, 2.75) is 44.1 Å². The Morgan fingerprint density at radius 2 is 1.97 bits per heavy atom. The maximum absolute atomic E-state index is 13.8. The zero-order chi connectivity index (χ0) is 21.5. The number of benzene rings is 1. The highest BCUT2D eigenvalue weighted by Gasteiger charge is 2.35. The Morgan fingerprint density at radius 1 is 1.23 bits per heavy atom. The molecule has 2 N–H and O–H groups in total. The van der Waals surface area contributed by atoms with Gasteiger partial charge in [-0.15, -0.1) is 0 Å². The van der Waals surface area contributed by atoms with E-state index in [4.69, 9.17) is 11.6 Å². The summed E-state index contributed by atoms with van der Waals surface area (Å²) >= 11 is 6.11. The van der Waals surface area contributed by atoms with Crippen LogP contribution >= 0.6 is 11.6 Å². The first-order chi connectivity index (χ1) is 14.2. The SMILES string of the molecule is OC(c1n[nH]c2c1CN(CC(F)(F)F)CC2)N1CCC(c2cccc(F)c2Cl)CC1. The van der Waals surface area contributed by atoms with Gasteiger partial charge in [0.15, 0.2) is 6.23 Å². The van der Waals surface area contributed by atoms with Crippen LogP contribution in [0.3, 0.4) is 0 Å². The Hall–Kier alpha value is -1.68. The minimum absolute atomic E-state index is 0.0898. The summed E-state index contributed by atoms with van der Waals surface area (Å²) in [6, 6.07) is 4.79. The molecule has 2 aliphatic heterocycles. The highest BCUT2D eigenvalue weighted by atomic mass is 35.5.